The molecular formula is C16H12ClN5S. The number of aromatic nitrogens is 5. The van der Waals surface area contributed by atoms with E-state index in [9.17, 15) is 0 Å². The Labute approximate surface area is 141 Å². The fraction of sp³-hybridized carbons (Fsp3) is 0.0625. The smallest absolute Gasteiger partial charge is 0.184 e. The minimum atomic E-state index is 0.645. The van der Waals surface area contributed by atoms with Crippen molar-refractivity contribution in [2.45, 2.75) is 10.6 Å². The van der Waals surface area contributed by atoms with Crippen LogP contribution in [0.25, 0.3) is 22.2 Å². The first-order valence-electron chi connectivity index (χ1n) is 7.03. The minimum absolute atomic E-state index is 0.645. The van der Waals surface area contributed by atoms with Gasteiger partial charge in [0, 0.05) is 20.8 Å². The van der Waals surface area contributed by atoms with Crippen LogP contribution < -0.4 is 0 Å². The van der Waals surface area contributed by atoms with Crippen LogP contribution in [0.5, 0.6) is 0 Å². The van der Waals surface area contributed by atoms with Crippen molar-refractivity contribution in [3.05, 3.63) is 59.4 Å². The summed E-state index contributed by atoms with van der Waals surface area (Å²) in [5.41, 5.74) is 3.23. The molecule has 0 atom stereocenters. The van der Waals surface area contributed by atoms with Gasteiger partial charge in [0.2, 0.25) is 0 Å². The molecule has 0 spiro atoms. The van der Waals surface area contributed by atoms with Crippen molar-refractivity contribution >= 4 is 34.3 Å². The van der Waals surface area contributed by atoms with E-state index < -0.39 is 0 Å². The lowest BCUT2D eigenvalue weighted by Crippen LogP contribution is -1.85. The summed E-state index contributed by atoms with van der Waals surface area (Å²) in [6.45, 7) is 0. The highest BCUT2D eigenvalue weighted by atomic mass is 35.5. The molecule has 0 aliphatic heterocycles. The quantitative estimate of drug-likeness (QED) is 0.543. The van der Waals surface area contributed by atoms with Crippen molar-refractivity contribution in [3.8, 4) is 11.3 Å². The third-order valence-electron chi connectivity index (χ3n) is 3.51. The predicted molar refractivity (Wildman–Crippen MR) is 92.5 cm³/mol. The maximum absolute atomic E-state index is 6.13. The molecule has 5 nitrogen and oxygen atoms in total. The van der Waals surface area contributed by atoms with Crippen LogP contribution >= 0.6 is 23.4 Å². The van der Waals surface area contributed by atoms with Crippen molar-refractivity contribution in [1.29, 1.82) is 0 Å². The van der Waals surface area contributed by atoms with Gasteiger partial charge in [-0.05, 0) is 17.7 Å². The molecule has 0 saturated heterocycles. The van der Waals surface area contributed by atoms with Crippen LogP contribution in [0.1, 0.15) is 5.82 Å². The number of thioether (sulfide) groups is 1. The summed E-state index contributed by atoms with van der Waals surface area (Å²) in [7, 11) is 0. The summed E-state index contributed by atoms with van der Waals surface area (Å²) in [5, 5.41) is 16.0. The standard InChI is InChI=1S/C16H12ClN5S/c17-11-6-7-12-13(8-11)18-15(10-4-2-1-3-5-10)16(12)23-9-14-19-21-22-20-14/h1-8,18H,9H2,(H,19,20,21,22). The molecule has 0 unspecified atom stereocenters. The number of benzene rings is 2. The Morgan fingerprint density at radius 1 is 1.09 bits per heavy atom. The molecule has 2 aromatic heterocycles. The van der Waals surface area contributed by atoms with E-state index >= 15 is 0 Å². The number of H-pyrrole nitrogens is 2. The van der Waals surface area contributed by atoms with Gasteiger partial charge < -0.3 is 4.98 Å². The van der Waals surface area contributed by atoms with Crippen LogP contribution in [0, 0.1) is 0 Å². The second-order valence-electron chi connectivity index (χ2n) is 5.00. The molecule has 23 heavy (non-hydrogen) atoms. The number of hydrogen-bond acceptors (Lipinski definition) is 4. The van der Waals surface area contributed by atoms with Gasteiger partial charge in [-0.2, -0.15) is 5.21 Å². The Kier molecular flexibility index (Phi) is 3.77. The number of nitrogens with zero attached hydrogens (tertiary/aromatic N) is 3. The molecule has 0 aliphatic rings. The molecule has 7 heteroatoms. The van der Waals surface area contributed by atoms with Crippen molar-refractivity contribution in [3.63, 3.8) is 0 Å². The van der Waals surface area contributed by atoms with Gasteiger partial charge in [0.05, 0.1) is 11.4 Å². The average molecular weight is 342 g/mol. The Morgan fingerprint density at radius 3 is 2.74 bits per heavy atom. The van der Waals surface area contributed by atoms with Crippen LogP contribution in [-0.4, -0.2) is 25.6 Å². The molecule has 0 saturated carbocycles. The van der Waals surface area contributed by atoms with E-state index in [-0.39, 0.29) is 0 Å². The highest BCUT2D eigenvalue weighted by Gasteiger charge is 2.15. The lowest BCUT2D eigenvalue weighted by atomic mass is 10.1. The van der Waals surface area contributed by atoms with Gasteiger partial charge >= 0.3 is 0 Å². The van der Waals surface area contributed by atoms with Gasteiger partial charge in [-0.3, -0.25) is 0 Å². The third kappa shape index (κ3) is 2.83. The van der Waals surface area contributed by atoms with Crippen molar-refractivity contribution < 1.29 is 0 Å². The summed E-state index contributed by atoms with van der Waals surface area (Å²) in [6.07, 6.45) is 0. The predicted octanol–water partition coefficient (Wildman–Crippen LogP) is 4.29. The van der Waals surface area contributed by atoms with Crippen LogP contribution in [0.15, 0.2) is 53.4 Å². The summed E-state index contributed by atoms with van der Waals surface area (Å²) < 4.78 is 0. The first-order valence-corrected chi connectivity index (χ1v) is 8.39. The Morgan fingerprint density at radius 2 is 1.96 bits per heavy atom. The summed E-state index contributed by atoms with van der Waals surface area (Å²) >= 11 is 7.81. The maximum Gasteiger partial charge on any atom is 0.184 e. The first kappa shape index (κ1) is 14.3. The number of tetrazole rings is 1. The number of fused-ring (bicyclic) bond motifs is 1. The molecule has 4 rings (SSSR count). The molecule has 114 valence electrons. The van der Waals surface area contributed by atoms with E-state index in [2.05, 4.69) is 37.7 Å². The van der Waals surface area contributed by atoms with Gasteiger partial charge in [-0.15, -0.1) is 22.0 Å². The van der Waals surface area contributed by atoms with Gasteiger partial charge in [-0.1, -0.05) is 53.2 Å². The van der Waals surface area contributed by atoms with Crippen molar-refractivity contribution in [2.24, 2.45) is 0 Å². The fourth-order valence-corrected chi connectivity index (χ4v) is 3.70. The van der Waals surface area contributed by atoms with E-state index in [4.69, 9.17) is 11.6 Å². The van der Waals surface area contributed by atoms with E-state index in [1.807, 2.05) is 36.4 Å². The molecule has 0 fully saturated rings. The third-order valence-corrected chi connectivity index (χ3v) is 4.86. The SMILES string of the molecule is Clc1ccc2c(SCc3nn[nH]n3)c(-c3ccccc3)[nH]c2c1. The molecular weight excluding hydrogens is 330 g/mol. The number of aromatic amines is 2. The average Bonchev–Trinajstić information content (AvgIpc) is 3.20. The minimum Gasteiger partial charge on any atom is -0.354 e. The Balaban J connectivity index is 1.81. The molecule has 2 heterocycles. The zero-order valence-corrected chi connectivity index (χ0v) is 13.5. The molecule has 0 radical (unpaired) electrons. The van der Waals surface area contributed by atoms with Crippen molar-refractivity contribution in [1.82, 2.24) is 25.6 Å². The molecule has 0 bridgehead atoms. The van der Waals surface area contributed by atoms with E-state index in [0.717, 1.165) is 27.1 Å². The second kappa shape index (κ2) is 6.06. The van der Waals surface area contributed by atoms with Gasteiger partial charge in [0.1, 0.15) is 0 Å². The van der Waals surface area contributed by atoms with E-state index in [1.54, 1.807) is 11.8 Å². The normalized spacial score (nSPS) is 11.2. The largest absolute Gasteiger partial charge is 0.354 e. The topological polar surface area (TPSA) is 70.2 Å². The maximum atomic E-state index is 6.13. The number of hydrogen-bond donors (Lipinski definition) is 2. The van der Waals surface area contributed by atoms with Gasteiger partial charge in [-0.25, -0.2) is 0 Å². The molecule has 0 amide bonds. The Bertz CT molecular complexity index is 934. The summed E-state index contributed by atoms with van der Waals surface area (Å²) in [6, 6.07) is 16.1. The highest BCUT2D eigenvalue weighted by Crippen LogP contribution is 2.39. The lowest BCUT2D eigenvalue weighted by Gasteiger charge is -2.03. The lowest BCUT2D eigenvalue weighted by molar-refractivity contribution is 0.881. The van der Waals surface area contributed by atoms with Crippen LogP contribution in [0.2, 0.25) is 5.02 Å². The molecule has 4 aromatic rings. The Hall–Kier alpha value is -2.31. The molecule has 0 aliphatic carbocycles. The van der Waals surface area contributed by atoms with Crippen LogP contribution in [0.4, 0.5) is 0 Å². The zero-order chi connectivity index (χ0) is 15.6. The summed E-state index contributed by atoms with van der Waals surface area (Å²) in [5.74, 6) is 1.32. The molecule has 2 aromatic carbocycles. The number of halogens is 1. The first-order chi connectivity index (χ1) is 11.3. The fourth-order valence-electron chi connectivity index (χ4n) is 2.48. The van der Waals surface area contributed by atoms with Crippen molar-refractivity contribution in [2.75, 3.05) is 0 Å². The van der Waals surface area contributed by atoms with E-state index in [1.165, 1.54) is 0 Å². The van der Waals surface area contributed by atoms with Gasteiger partial charge in [0.15, 0.2) is 5.82 Å². The van der Waals surface area contributed by atoms with E-state index in [0.29, 0.717) is 16.6 Å². The molecule has 2 N–H and O–H groups in total. The van der Waals surface area contributed by atoms with Crippen LogP contribution in [-0.2, 0) is 5.75 Å². The number of rotatable bonds is 4. The summed E-state index contributed by atoms with van der Waals surface area (Å²) in [4.78, 5) is 4.64. The second-order valence-corrected chi connectivity index (χ2v) is 6.42. The zero-order valence-electron chi connectivity index (χ0n) is 12.0. The highest BCUT2D eigenvalue weighted by molar-refractivity contribution is 7.98. The van der Waals surface area contributed by atoms with Gasteiger partial charge in [0.25, 0.3) is 0 Å². The van der Waals surface area contributed by atoms with Crippen LogP contribution in [0.3, 0.4) is 0 Å². The number of nitrogens with one attached hydrogen (secondary N) is 2. The monoisotopic (exact) mass is 341 g/mol.